The maximum atomic E-state index is 10.7. The second kappa shape index (κ2) is 3.46. The van der Waals surface area contributed by atoms with Gasteiger partial charge >= 0.3 is 5.97 Å². The lowest BCUT2D eigenvalue weighted by molar-refractivity contribution is 0.0695. The van der Waals surface area contributed by atoms with Crippen LogP contribution in [0, 0.1) is 6.92 Å². The Labute approximate surface area is 81.9 Å². The minimum absolute atomic E-state index is 0.262. The molecule has 0 bridgehead atoms. The molecule has 4 heteroatoms. The number of hydrogen-bond donors (Lipinski definition) is 2. The first-order valence-corrected chi connectivity index (χ1v) is 4.73. The van der Waals surface area contributed by atoms with Crippen molar-refractivity contribution in [2.75, 3.05) is 0 Å². The van der Waals surface area contributed by atoms with E-state index in [1.807, 2.05) is 0 Å². The molecule has 0 radical (unpaired) electrons. The van der Waals surface area contributed by atoms with Crippen molar-refractivity contribution in [3.8, 4) is 0 Å². The van der Waals surface area contributed by atoms with Gasteiger partial charge < -0.3 is 14.8 Å². The van der Waals surface area contributed by atoms with E-state index in [9.17, 15) is 4.79 Å². The topological polar surface area (TPSA) is 62.5 Å². The molecule has 2 N–H and O–H groups in total. The van der Waals surface area contributed by atoms with E-state index in [0.717, 1.165) is 0 Å². The van der Waals surface area contributed by atoms with Crippen LogP contribution in [0.15, 0.2) is 10.5 Å². The minimum atomic E-state index is -0.927. The van der Waals surface area contributed by atoms with Crippen molar-refractivity contribution in [2.45, 2.75) is 32.4 Å². The fourth-order valence-corrected chi connectivity index (χ4v) is 1.38. The highest BCUT2D eigenvalue weighted by molar-refractivity contribution is 5.88. The van der Waals surface area contributed by atoms with Crippen LogP contribution < -0.4 is 5.32 Å². The predicted octanol–water partition coefficient (Wildman–Crippen LogP) is 1.54. The molecule has 1 saturated carbocycles. The SMILES string of the molecule is Cc1oc(CNC2CC2)cc1C(=O)O. The van der Waals surface area contributed by atoms with Crippen LogP contribution in [0.25, 0.3) is 0 Å². The van der Waals surface area contributed by atoms with E-state index in [1.54, 1.807) is 13.0 Å². The Kier molecular flexibility index (Phi) is 2.29. The first-order chi connectivity index (χ1) is 6.66. The summed E-state index contributed by atoms with van der Waals surface area (Å²) in [6, 6.07) is 2.20. The molecule has 14 heavy (non-hydrogen) atoms. The standard InChI is InChI=1S/C10H13NO3/c1-6-9(10(12)13)4-8(14-6)5-11-7-2-3-7/h4,7,11H,2-3,5H2,1H3,(H,12,13). The number of nitrogens with one attached hydrogen (secondary N) is 1. The number of hydrogen-bond acceptors (Lipinski definition) is 3. The monoisotopic (exact) mass is 195 g/mol. The number of carboxylic acids is 1. The maximum Gasteiger partial charge on any atom is 0.339 e. The second-order valence-corrected chi connectivity index (χ2v) is 3.64. The minimum Gasteiger partial charge on any atom is -0.478 e. The van der Waals surface area contributed by atoms with Crippen LogP contribution in [0.4, 0.5) is 0 Å². The van der Waals surface area contributed by atoms with E-state index in [0.29, 0.717) is 24.1 Å². The number of carboxylic acid groups (broad SMARTS) is 1. The van der Waals surface area contributed by atoms with Gasteiger partial charge in [-0.05, 0) is 25.8 Å². The molecule has 0 atom stereocenters. The Morgan fingerprint density at radius 1 is 1.71 bits per heavy atom. The number of carbonyl (C=O) groups is 1. The molecule has 0 amide bonds. The van der Waals surface area contributed by atoms with Crippen molar-refractivity contribution in [3.63, 3.8) is 0 Å². The van der Waals surface area contributed by atoms with Gasteiger partial charge in [0.1, 0.15) is 17.1 Å². The molecule has 0 aromatic carbocycles. The third-order valence-corrected chi connectivity index (χ3v) is 2.34. The molecule has 1 heterocycles. The Balaban J connectivity index is 2.02. The van der Waals surface area contributed by atoms with Crippen LogP contribution >= 0.6 is 0 Å². The molecule has 1 aliphatic carbocycles. The van der Waals surface area contributed by atoms with Crippen LogP contribution in [-0.4, -0.2) is 17.1 Å². The highest BCUT2D eigenvalue weighted by atomic mass is 16.4. The summed E-state index contributed by atoms with van der Waals surface area (Å²) in [6.45, 7) is 2.29. The van der Waals surface area contributed by atoms with Gasteiger partial charge in [0.2, 0.25) is 0 Å². The second-order valence-electron chi connectivity index (χ2n) is 3.64. The lowest BCUT2D eigenvalue weighted by atomic mass is 10.2. The van der Waals surface area contributed by atoms with Gasteiger partial charge in [-0.15, -0.1) is 0 Å². The van der Waals surface area contributed by atoms with Gasteiger partial charge in [-0.25, -0.2) is 4.79 Å². The highest BCUT2D eigenvalue weighted by Crippen LogP contribution is 2.20. The van der Waals surface area contributed by atoms with Crippen LogP contribution in [0.2, 0.25) is 0 Å². The van der Waals surface area contributed by atoms with Crippen molar-refractivity contribution in [3.05, 3.63) is 23.2 Å². The van der Waals surface area contributed by atoms with Crippen molar-refractivity contribution in [2.24, 2.45) is 0 Å². The van der Waals surface area contributed by atoms with Crippen LogP contribution in [-0.2, 0) is 6.54 Å². The normalized spacial score (nSPS) is 15.8. The van der Waals surface area contributed by atoms with Crippen molar-refractivity contribution < 1.29 is 14.3 Å². The molecule has 1 aromatic heterocycles. The van der Waals surface area contributed by atoms with E-state index in [-0.39, 0.29) is 5.56 Å². The Bertz CT molecular complexity index is 352. The molecular formula is C10H13NO3. The van der Waals surface area contributed by atoms with Crippen LogP contribution in [0.1, 0.15) is 34.7 Å². The fraction of sp³-hybridized carbons (Fsp3) is 0.500. The lowest BCUT2D eigenvalue weighted by Gasteiger charge is -1.96. The van der Waals surface area contributed by atoms with E-state index >= 15 is 0 Å². The third kappa shape index (κ3) is 1.96. The van der Waals surface area contributed by atoms with Gasteiger partial charge in [0.25, 0.3) is 0 Å². The Morgan fingerprint density at radius 2 is 2.43 bits per heavy atom. The van der Waals surface area contributed by atoms with Gasteiger partial charge in [0.05, 0.1) is 6.54 Å². The summed E-state index contributed by atoms with van der Waals surface area (Å²) < 4.78 is 5.31. The number of aryl methyl sites for hydroxylation is 1. The van der Waals surface area contributed by atoms with Gasteiger partial charge in [-0.2, -0.15) is 0 Å². The molecule has 1 aromatic rings. The molecule has 76 valence electrons. The largest absolute Gasteiger partial charge is 0.478 e. The Hall–Kier alpha value is -1.29. The van der Waals surface area contributed by atoms with Gasteiger partial charge in [-0.3, -0.25) is 0 Å². The Morgan fingerprint density at radius 3 is 2.93 bits per heavy atom. The summed E-state index contributed by atoms with van der Waals surface area (Å²) in [4.78, 5) is 10.7. The van der Waals surface area contributed by atoms with Crippen molar-refractivity contribution in [1.82, 2.24) is 5.32 Å². The summed E-state index contributed by atoms with van der Waals surface area (Å²) in [5, 5.41) is 12.1. The van der Waals surface area contributed by atoms with Crippen LogP contribution in [0.3, 0.4) is 0 Å². The summed E-state index contributed by atoms with van der Waals surface area (Å²) in [5.74, 6) is 0.251. The maximum absolute atomic E-state index is 10.7. The first kappa shape index (κ1) is 9.27. The molecule has 1 aliphatic rings. The molecule has 0 unspecified atom stereocenters. The fourth-order valence-electron chi connectivity index (χ4n) is 1.38. The molecule has 0 aliphatic heterocycles. The predicted molar refractivity (Wildman–Crippen MR) is 50.3 cm³/mol. The zero-order chi connectivity index (χ0) is 10.1. The summed E-state index contributed by atoms with van der Waals surface area (Å²) in [5.41, 5.74) is 0.262. The third-order valence-electron chi connectivity index (χ3n) is 2.34. The molecular weight excluding hydrogens is 182 g/mol. The van der Waals surface area contributed by atoms with E-state index < -0.39 is 5.97 Å². The van der Waals surface area contributed by atoms with E-state index in [4.69, 9.17) is 9.52 Å². The average molecular weight is 195 g/mol. The quantitative estimate of drug-likeness (QED) is 0.765. The zero-order valence-corrected chi connectivity index (χ0v) is 8.04. The van der Waals surface area contributed by atoms with Gasteiger partial charge in [0, 0.05) is 6.04 Å². The van der Waals surface area contributed by atoms with Gasteiger partial charge in [0.15, 0.2) is 0 Å². The van der Waals surface area contributed by atoms with Crippen LogP contribution in [0.5, 0.6) is 0 Å². The van der Waals surface area contributed by atoms with Gasteiger partial charge in [-0.1, -0.05) is 0 Å². The highest BCUT2D eigenvalue weighted by Gasteiger charge is 2.21. The number of furan rings is 1. The van der Waals surface area contributed by atoms with E-state index in [2.05, 4.69) is 5.32 Å². The smallest absolute Gasteiger partial charge is 0.339 e. The molecule has 4 nitrogen and oxygen atoms in total. The molecule has 2 rings (SSSR count). The summed E-state index contributed by atoms with van der Waals surface area (Å²) in [7, 11) is 0. The number of rotatable bonds is 4. The average Bonchev–Trinajstić information content (AvgIpc) is 2.86. The zero-order valence-electron chi connectivity index (χ0n) is 8.04. The number of aromatic carboxylic acids is 1. The summed E-state index contributed by atoms with van der Waals surface area (Å²) >= 11 is 0. The molecule has 0 saturated heterocycles. The summed E-state index contributed by atoms with van der Waals surface area (Å²) in [6.07, 6.45) is 2.43. The lowest BCUT2D eigenvalue weighted by Crippen LogP contribution is -2.14. The molecule has 1 fully saturated rings. The van der Waals surface area contributed by atoms with E-state index in [1.165, 1.54) is 12.8 Å². The van der Waals surface area contributed by atoms with Crippen molar-refractivity contribution in [1.29, 1.82) is 0 Å². The first-order valence-electron chi connectivity index (χ1n) is 4.73. The molecule has 0 spiro atoms. The van der Waals surface area contributed by atoms with Crippen molar-refractivity contribution >= 4 is 5.97 Å².